The van der Waals surface area contributed by atoms with E-state index >= 15 is 0 Å². The Morgan fingerprint density at radius 2 is 1.84 bits per heavy atom. The van der Waals surface area contributed by atoms with Crippen molar-refractivity contribution in [2.24, 2.45) is 46.3 Å². The summed E-state index contributed by atoms with van der Waals surface area (Å²) in [5.41, 5.74) is 3.19. The highest BCUT2D eigenvalue weighted by Crippen LogP contribution is 2.67. The number of ether oxygens (including phenoxy) is 2. The number of fused-ring (bicyclic) bond motifs is 6. The zero-order valence-corrected chi connectivity index (χ0v) is 28.0. The highest BCUT2D eigenvalue weighted by Gasteiger charge is 2.59. The van der Waals surface area contributed by atoms with E-state index in [0.717, 1.165) is 65.7 Å². The van der Waals surface area contributed by atoms with Crippen molar-refractivity contribution in [2.75, 3.05) is 6.61 Å². The van der Waals surface area contributed by atoms with Crippen molar-refractivity contribution < 1.29 is 18.7 Å². The van der Waals surface area contributed by atoms with Gasteiger partial charge in [0.1, 0.15) is 17.4 Å². The molecular formula is C39H54O5. The van der Waals surface area contributed by atoms with Crippen molar-refractivity contribution in [3.05, 3.63) is 51.9 Å². The van der Waals surface area contributed by atoms with E-state index in [1.165, 1.54) is 63.0 Å². The molecule has 0 unspecified atom stereocenters. The van der Waals surface area contributed by atoms with Crippen LogP contribution in [0.2, 0.25) is 0 Å². The van der Waals surface area contributed by atoms with Crippen LogP contribution in [-0.2, 0) is 9.53 Å². The number of hydrogen-bond donors (Lipinski definition) is 0. The zero-order valence-electron chi connectivity index (χ0n) is 28.0. The van der Waals surface area contributed by atoms with E-state index in [2.05, 4.69) is 40.7 Å². The molecule has 1 heterocycles. The van der Waals surface area contributed by atoms with E-state index in [9.17, 15) is 9.59 Å². The summed E-state index contributed by atoms with van der Waals surface area (Å²) >= 11 is 0. The number of esters is 1. The van der Waals surface area contributed by atoms with Gasteiger partial charge < -0.3 is 13.9 Å². The fraction of sp³-hybridized carbons (Fsp3) is 0.692. The van der Waals surface area contributed by atoms with Gasteiger partial charge in [0.2, 0.25) is 0 Å². The van der Waals surface area contributed by atoms with Gasteiger partial charge in [0, 0.05) is 23.9 Å². The van der Waals surface area contributed by atoms with Crippen molar-refractivity contribution in [3.8, 4) is 5.75 Å². The number of carbonyl (C=O) groups excluding carboxylic acids is 1. The molecule has 44 heavy (non-hydrogen) atoms. The van der Waals surface area contributed by atoms with Gasteiger partial charge in [0.05, 0.1) is 0 Å². The van der Waals surface area contributed by atoms with E-state index in [-0.39, 0.29) is 24.1 Å². The third-order valence-corrected chi connectivity index (χ3v) is 12.8. The maximum atomic E-state index is 12.8. The van der Waals surface area contributed by atoms with Crippen molar-refractivity contribution >= 4 is 16.9 Å². The van der Waals surface area contributed by atoms with E-state index in [4.69, 9.17) is 13.9 Å². The smallest absolute Gasteiger partial charge is 0.344 e. The molecule has 0 bridgehead atoms. The predicted molar refractivity (Wildman–Crippen MR) is 176 cm³/mol. The first-order valence-corrected chi connectivity index (χ1v) is 17.5. The van der Waals surface area contributed by atoms with Gasteiger partial charge in [-0.05, 0) is 116 Å². The standard InChI is InChI=1S/C39H54O5/c1-24(2)8-7-9-25(3)32-14-15-33-31-12-10-27-21-29(16-18-38(27,5)34(31)17-19-39(32,33)6)43-37(41)23-42-28-11-13-30-26(4)20-36(40)44-35(30)22-28/h10-11,13,20,22,24-25,29,31-34H,7-9,12,14-19,21,23H2,1-6H3/t25-,29+,31+,32-,33+,34+,38+,39-/m1/s1. The van der Waals surface area contributed by atoms with Crippen LogP contribution >= 0.6 is 0 Å². The second-order valence-electron chi connectivity index (χ2n) is 15.8. The molecule has 3 saturated carbocycles. The van der Waals surface area contributed by atoms with Gasteiger partial charge in [0.15, 0.2) is 6.61 Å². The minimum absolute atomic E-state index is 0.0874. The summed E-state index contributed by atoms with van der Waals surface area (Å²) in [5, 5.41) is 0.856. The van der Waals surface area contributed by atoms with Gasteiger partial charge in [0.25, 0.3) is 0 Å². The van der Waals surface area contributed by atoms with Crippen molar-refractivity contribution in [3.63, 3.8) is 0 Å². The average Bonchev–Trinajstić information content (AvgIpc) is 3.33. The fourth-order valence-corrected chi connectivity index (χ4v) is 10.5. The minimum Gasteiger partial charge on any atom is -0.482 e. The van der Waals surface area contributed by atoms with E-state index < -0.39 is 5.63 Å². The normalized spacial score (nSPS) is 33.7. The number of hydrogen-bond acceptors (Lipinski definition) is 5. The van der Waals surface area contributed by atoms with Crippen LogP contribution < -0.4 is 10.4 Å². The first-order valence-electron chi connectivity index (χ1n) is 17.5. The van der Waals surface area contributed by atoms with Gasteiger partial charge in [-0.3, -0.25) is 0 Å². The summed E-state index contributed by atoms with van der Waals surface area (Å²) in [6.45, 7) is 14.2. The molecule has 0 N–H and O–H groups in total. The topological polar surface area (TPSA) is 65.7 Å². The molecular weight excluding hydrogens is 548 g/mol. The molecule has 240 valence electrons. The summed E-state index contributed by atoms with van der Waals surface area (Å²) in [6.07, 6.45) is 16.3. The van der Waals surface area contributed by atoms with Crippen molar-refractivity contribution in [1.82, 2.24) is 0 Å². The lowest BCUT2D eigenvalue weighted by atomic mass is 9.47. The second-order valence-corrected chi connectivity index (χ2v) is 15.8. The van der Waals surface area contributed by atoms with Crippen LogP contribution in [0.4, 0.5) is 0 Å². The molecule has 1 aromatic carbocycles. The number of allylic oxidation sites excluding steroid dienone is 1. The van der Waals surface area contributed by atoms with Crippen LogP contribution in [0.1, 0.15) is 111 Å². The molecule has 6 rings (SSSR count). The maximum Gasteiger partial charge on any atom is 0.344 e. The summed E-state index contributed by atoms with van der Waals surface area (Å²) in [6, 6.07) is 6.80. The summed E-state index contributed by atoms with van der Waals surface area (Å²) in [5.74, 6) is 5.10. The Morgan fingerprint density at radius 3 is 2.64 bits per heavy atom. The lowest BCUT2D eigenvalue weighted by molar-refractivity contribution is -0.153. The third kappa shape index (κ3) is 5.89. The Hall–Kier alpha value is -2.56. The lowest BCUT2D eigenvalue weighted by Gasteiger charge is -2.58. The van der Waals surface area contributed by atoms with Crippen molar-refractivity contribution in [2.45, 2.75) is 118 Å². The quantitative estimate of drug-likeness (QED) is 0.162. The first-order chi connectivity index (χ1) is 21.0. The summed E-state index contributed by atoms with van der Waals surface area (Å²) < 4.78 is 17.0. The van der Waals surface area contributed by atoms with Gasteiger partial charge in [-0.25, -0.2) is 9.59 Å². The minimum atomic E-state index is -0.393. The van der Waals surface area contributed by atoms with E-state index in [0.29, 0.717) is 16.7 Å². The summed E-state index contributed by atoms with van der Waals surface area (Å²) in [4.78, 5) is 24.6. The van der Waals surface area contributed by atoms with E-state index in [1.807, 2.05) is 13.0 Å². The predicted octanol–water partition coefficient (Wildman–Crippen LogP) is 9.43. The largest absolute Gasteiger partial charge is 0.482 e. The molecule has 5 heteroatoms. The molecule has 4 aliphatic carbocycles. The average molecular weight is 603 g/mol. The van der Waals surface area contributed by atoms with Crippen LogP contribution in [0, 0.1) is 53.3 Å². The highest BCUT2D eigenvalue weighted by molar-refractivity contribution is 5.81. The van der Waals surface area contributed by atoms with E-state index in [1.54, 1.807) is 12.1 Å². The molecule has 5 nitrogen and oxygen atoms in total. The molecule has 1 aromatic heterocycles. The molecule has 8 atom stereocenters. The van der Waals surface area contributed by atoms with Gasteiger partial charge in [-0.2, -0.15) is 0 Å². The molecule has 0 aliphatic heterocycles. The van der Waals surface area contributed by atoms with Crippen LogP contribution in [0.15, 0.2) is 45.1 Å². The maximum absolute atomic E-state index is 12.8. The molecule has 0 amide bonds. The van der Waals surface area contributed by atoms with Crippen LogP contribution in [-0.4, -0.2) is 18.7 Å². The van der Waals surface area contributed by atoms with Crippen LogP contribution in [0.3, 0.4) is 0 Å². The van der Waals surface area contributed by atoms with Crippen LogP contribution in [0.25, 0.3) is 11.0 Å². The number of carbonyl (C=O) groups is 1. The monoisotopic (exact) mass is 602 g/mol. The lowest BCUT2D eigenvalue weighted by Crippen LogP contribution is -2.51. The molecule has 3 fully saturated rings. The number of rotatable bonds is 9. The molecule has 2 aromatic rings. The first kappa shape index (κ1) is 31.4. The summed E-state index contributed by atoms with van der Waals surface area (Å²) in [7, 11) is 0. The second kappa shape index (κ2) is 12.3. The zero-order chi connectivity index (χ0) is 31.2. The molecule has 0 radical (unpaired) electrons. The SMILES string of the molecule is Cc1cc(=O)oc2cc(OCC(=O)O[C@H]3CC[C@@]4(C)C(=CC[C@H]5[C@@H]6CC[C@H]([C@H](C)CCCC(C)C)[C@@]6(C)CC[C@@H]54)C3)ccc12. The Morgan fingerprint density at radius 1 is 1.02 bits per heavy atom. The van der Waals surface area contributed by atoms with Crippen molar-refractivity contribution in [1.29, 1.82) is 0 Å². The Bertz CT molecular complexity index is 1450. The van der Waals surface area contributed by atoms with Crippen LogP contribution in [0.5, 0.6) is 5.75 Å². The fourth-order valence-electron chi connectivity index (χ4n) is 10.5. The Kier molecular flexibility index (Phi) is 8.80. The third-order valence-electron chi connectivity index (χ3n) is 12.8. The van der Waals surface area contributed by atoms with Gasteiger partial charge in [-0.1, -0.05) is 65.5 Å². The highest BCUT2D eigenvalue weighted by atomic mass is 16.6. The number of benzene rings is 1. The number of aryl methyl sites for hydroxylation is 1. The Labute approximate surface area is 264 Å². The van der Waals surface area contributed by atoms with Gasteiger partial charge >= 0.3 is 11.6 Å². The molecule has 4 aliphatic rings. The molecule has 0 saturated heterocycles. The Balaban J connectivity index is 1.05. The molecule has 0 spiro atoms. The van der Waals surface area contributed by atoms with Gasteiger partial charge in [-0.15, -0.1) is 0 Å².